The van der Waals surface area contributed by atoms with Crippen LogP contribution in [0.5, 0.6) is 5.75 Å². The van der Waals surface area contributed by atoms with Crippen molar-refractivity contribution >= 4 is 29.2 Å². The molecule has 0 saturated carbocycles. The minimum absolute atomic E-state index is 0.121. The molecule has 2 aromatic rings. The average Bonchev–Trinajstić information content (AvgIpc) is 2.72. The molecule has 0 heterocycles. The average molecular weight is 414 g/mol. The highest BCUT2D eigenvalue weighted by atomic mass is 16.5. The predicted octanol–water partition coefficient (Wildman–Crippen LogP) is 1.35. The standard InChI is InChI=1S/C22H27N3O5/c1-4-13-30-22(28)16-5-7-17(8-6-16)23-20(26)14-25(2)15-21(27)24-18-9-11-19(29-3)12-10-18/h5-12H,4,13-15H2,1-3H3,(H,23,26)(H,24,27)/p+1. The Bertz CT molecular complexity index is 850. The second-order valence-electron chi connectivity index (χ2n) is 6.85. The molecule has 0 saturated heterocycles. The Morgan fingerprint density at radius 1 is 0.867 bits per heavy atom. The summed E-state index contributed by atoms with van der Waals surface area (Å²) in [6.45, 7) is 2.56. The van der Waals surface area contributed by atoms with Gasteiger partial charge in [-0.15, -0.1) is 0 Å². The summed E-state index contributed by atoms with van der Waals surface area (Å²) in [5.41, 5.74) is 1.66. The van der Waals surface area contributed by atoms with Crippen LogP contribution in [0.4, 0.5) is 11.4 Å². The summed E-state index contributed by atoms with van der Waals surface area (Å²) >= 11 is 0. The van der Waals surface area contributed by atoms with E-state index in [1.807, 2.05) is 6.92 Å². The highest BCUT2D eigenvalue weighted by Crippen LogP contribution is 2.14. The smallest absolute Gasteiger partial charge is 0.338 e. The van der Waals surface area contributed by atoms with Crippen molar-refractivity contribution < 1.29 is 28.8 Å². The van der Waals surface area contributed by atoms with E-state index in [1.165, 1.54) is 0 Å². The van der Waals surface area contributed by atoms with Crippen LogP contribution >= 0.6 is 0 Å². The van der Waals surface area contributed by atoms with E-state index in [9.17, 15) is 14.4 Å². The Morgan fingerprint density at radius 3 is 1.83 bits per heavy atom. The zero-order chi connectivity index (χ0) is 21.9. The lowest BCUT2D eigenvalue weighted by molar-refractivity contribution is -0.862. The lowest BCUT2D eigenvalue weighted by Crippen LogP contribution is -3.11. The Kier molecular flexibility index (Phi) is 8.83. The number of carbonyl (C=O) groups excluding carboxylic acids is 3. The topological polar surface area (TPSA) is 98.2 Å². The number of likely N-dealkylation sites (N-methyl/N-ethyl adjacent to an activating group) is 1. The molecule has 1 unspecified atom stereocenters. The van der Waals surface area contributed by atoms with Crippen LogP contribution in [0.15, 0.2) is 48.5 Å². The Balaban J connectivity index is 1.78. The zero-order valence-electron chi connectivity index (χ0n) is 17.5. The van der Waals surface area contributed by atoms with Crippen molar-refractivity contribution in [1.82, 2.24) is 0 Å². The number of quaternary nitrogens is 1. The van der Waals surface area contributed by atoms with Crippen molar-refractivity contribution in [3.63, 3.8) is 0 Å². The van der Waals surface area contributed by atoms with E-state index >= 15 is 0 Å². The molecule has 2 rings (SSSR count). The fourth-order valence-corrected chi connectivity index (χ4v) is 2.66. The molecule has 0 radical (unpaired) electrons. The molecule has 2 aromatic carbocycles. The molecular formula is C22H28N3O5+. The van der Waals surface area contributed by atoms with Gasteiger partial charge in [0.1, 0.15) is 5.75 Å². The number of hydrogen-bond acceptors (Lipinski definition) is 5. The summed E-state index contributed by atoms with van der Waals surface area (Å²) < 4.78 is 10.1. The van der Waals surface area contributed by atoms with Crippen molar-refractivity contribution in [2.24, 2.45) is 0 Å². The summed E-state index contributed by atoms with van der Waals surface area (Å²) in [5, 5.41) is 5.55. The number of methoxy groups -OCH3 is 1. The minimum Gasteiger partial charge on any atom is -0.497 e. The van der Waals surface area contributed by atoms with Crippen molar-refractivity contribution in [3.05, 3.63) is 54.1 Å². The molecule has 3 N–H and O–H groups in total. The van der Waals surface area contributed by atoms with Gasteiger partial charge in [-0.05, 0) is 55.0 Å². The monoisotopic (exact) mass is 414 g/mol. The van der Waals surface area contributed by atoms with Crippen molar-refractivity contribution in [1.29, 1.82) is 0 Å². The Hall–Kier alpha value is -3.39. The van der Waals surface area contributed by atoms with Crippen molar-refractivity contribution in [3.8, 4) is 5.75 Å². The van der Waals surface area contributed by atoms with Crippen molar-refractivity contribution in [2.45, 2.75) is 13.3 Å². The van der Waals surface area contributed by atoms with Gasteiger partial charge >= 0.3 is 5.97 Å². The SMILES string of the molecule is CCCOC(=O)c1ccc(NC(=O)C[NH+](C)CC(=O)Nc2ccc(OC)cc2)cc1. The van der Waals surface area contributed by atoms with Gasteiger partial charge in [0, 0.05) is 11.4 Å². The van der Waals surface area contributed by atoms with Crippen LogP contribution in [0.2, 0.25) is 0 Å². The molecule has 160 valence electrons. The van der Waals surface area contributed by atoms with E-state index in [1.54, 1.807) is 62.7 Å². The predicted molar refractivity (Wildman–Crippen MR) is 114 cm³/mol. The number of ether oxygens (including phenoxy) is 2. The molecule has 0 aromatic heterocycles. The molecule has 0 aliphatic carbocycles. The summed E-state index contributed by atoms with van der Waals surface area (Å²) in [7, 11) is 3.34. The molecule has 0 fully saturated rings. The van der Waals surface area contributed by atoms with Crippen molar-refractivity contribution in [2.75, 3.05) is 44.5 Å². The second kappa shape index (κ2) is 11.6. The Morgan fingerprint density at radius 2 is 1.37 bits per heavy atom. The molecule has 0 aliphatic rings. The third-order valence-electron chi connectivity index (χ3n) is 4.14. The molecule has 0 bridgehead atoms. The van der Waals surface area contributed by atoms with Crippen LogP contribution in [-0.4, -0.2) is 51.6 Å². The third kappa shape index (κ3) is 7.56. The van der Waals surface area contributed by atoms with Gasteiger partial charge in [-0.2, -0.15) is 0 Å². The number of amides is 2. The molecule has 8 heteroatoms. The summed E-state index contributed by atoms with van der Waals surface area (Å²) in [4.78, 5) is 36.9. The maximum Gasteiger partial charge on any atom is 0.338 e. The van der Waals surface area contributed by atoms with E-state index in [4.69, 9.17) is 9.47 Å². The van der Waals surface area contributed by atoms with Crippen LogP contribution in [0.3, 0.4) is 0 Å². The van der Waals surface area contributed by atoms with E-state index in [0.29, 0.717) is 29.3 Å². The highest BCUT2D eigenvalue weighted by molar-refractivity contribution is 5.94. The number of rotatable bonds is 10. The van der Waals surface area contributed by atoms with Crippen LogP contribution in [0, 0.1) is 0 Å². The highest BCUT2D eigenvalue weighted by Gasteiger charge is 2.15. The third-order valence-corrected chi connectivity index (χ3v) is 4.14. The first-order valence-corrected chi connectivity index (χ1v) is 9.73. The van der Waals surface area contributed by atoms with Gasteiger partial charge in [0.25, 0.3) is 11.8 Å². The first-order chi connectivity index (χ1) is 14.4. The molecule has 0 aliphatic heterocycles. The van der Waals surface area contributed by atoms with Gasteiger partial charge in [-0.3, -0.25) is 9.59 Å². The zero-order valence-corrected chi connectivity index (χ0v) is 17.5. The molecular weight excluding hydrogens is 386 g/mol. The fraction of sp³-hybridized carbons (Fsp3) is 0.318. The molecule has 30 heavy (non-hydrogen) atoms. The second-order valence-corrected chi connectivity index (χ2v) is 6.85. The number of anilines is 2. The van der Waals surface area contributed by atoms with Gasteiger partial charge in [0.05, 0.1) is 26.3 Å². The van der Waals surface area contributed by atoms with Crippen LogP contribution in [0.25, 0.3) is 0 Å². The number of hydrogen-bond donors (Lipinski definition) is 3. The van der Waals surface area contributed by atoms with Gasteiger partial charge < -0.3 is 25.0 Å². The maximum atomic E-state index is 12.2. The minimum atomic E-state index is -0.387. The number of benzene rings is 2. The van der Waals surface area contributed by atoms with Crippen LogP contribution < -0.4 is 20.3 Å². The van der Waals surface area contributed by atoms with Crippen LogP contribution in [0.1, 0.15) is 23.7 Å². The molecule has 0 spiro atoms. The maximum absolute atomic E-state index is 12.2. The number of nitrogens with one attached hydrogen (secondary N) is 3. The quantitative estimate of drug-likeness (QED) is 0.510. The summed E-state index contributed by atoms with van der Waals surface area (Å²) in [6.07, 6.45) is 0.758. The lowest BCUT2D eigenvalue weighted by Gasteiger charge is -2.14. The lowest BCUT2D eigenvalue weighted by atomic mass is 10.2. The molecule has 2 amide bonds. The number of carbonyl (C=O) groups is 3. The van der Waals surface area contributed by atoms with Gasteiger partial charge in [0.2, 0.25) is 0 Å². The van der Waals surface area contributed by atoms with Crippen LogP contribution in [-0.2, 0) is 14.3 Å². The summed E-state index contributed by atoms with van der Waals surface area (Å²) in [5.74, 6) is -0.105. The van der Waals surface area contributed by atoms with E-state index < -0.39 is 0 Å². The summed E-state index contributed by atoms with van der Waals surface area (Å²) in [6, 6.07) is 13.5. The first kappa shape index (κ1) is 22.9. The van der Waals surface area contributed by atoms with Gasteiger partial charge in [-0.25, -0.2) is 4.79 Å². The Labute approximate surface area is 176 Å². The largest absolute Gasteiger partial charge is 0.497 e. The fourth-order valence-electron chi connectivity index (χ4n) is 2.66. The van der Waals surface area contributed by atoms with E-state index in [0.717, 1.165) is 11.3 Å². The van der Waals surface area contributed by atoms with E-state index in [2.05, 4.69) is 10.6 Å². The van der Waals surface area contributed by atoms with Gasteiger partial charge in [0.15, 0.2) is 13.1 Å². The van der Waals surface area contributed by atoms with Gasteiger partial charge in [-0.1, -0.05) is 6.92 Å². The molecule has 1 atom stereocenters. The normalized spacial score (nSPS) is 11.3. The van der Waals surface area contributed by atoms with E-state index in [-0.39, 0.29) is 30.9 Å². The number of esters is 1. The first-order valence-electron chi connectivity index (χ1n) is 9.73. The molecule has 8 nitrogen and oxygen atoms in total.